The normalized spacial score (nSPS) is 13.1. The van der Waals surface area contributed by atoms with Crippen molar-refractivity contribution in [3.63, 3.8) is 0 Å². The third-order valence-electron chi connectivity index (χ3n) is 5.19. The van der Waals surface area contributed by atoms with Crippen molar-refractivity contribution in [1.29, 1.82) is 0 Å². The van der Waals surface area contributed by atoms with Crippen LogP contribution in [0.5, 0.6) is 5.75 Å². The third-order valence-corrected chi connectivity index (χ3v) is 5.19. The summed E-state index contributed by atoms with van der Waals surface area (Å²) in [6.45, 7) is 3.16. The molecule has 0 radical (unpaired) electrons. The molecule has 0 fully saturated rings. The highest BCUT2D eigenvalue weighted by Gasteiger charge is 2.23. The zero-order chi connectivity index (χ0) is 19.2. The molecule has 0 saturated heterocycles. The number of unbranched alkanes of at least 4 members (excludes halogenated alkanes) is 1. The molecular formula is C22H28N2O3. The van der Waals surface area contributed by atoms with Crippen molar-refractivity contribution in [2.75, 3.05) is 7.11 Å². The number of methoxy groups -OCH3 is 1. The maximum absolute atomic E-state index is 13.0. The van der Waals surface area contributed by atoms with Crippen LogP contribution in [0.4, 0.5) is 0 Å². The first kappa shape index (κ1) is 19.2. The number of nitrogens with zero attached hydrogens (tertiary/aromatic N) is 1. The molecule has 0 aliphatic heterocycles. The molecule has 0 bridgehead atoms. The summed E-state index contributed by atoms with van der Waals surface area (Å²) in [5.41, 5.74) is 3.27. The van der Waals surface area contributed by atoms with Gasteiger partial charge in [-0.3, -0.25) is 9.59 Å². The number of benzene rings is 1. The molecule has 5 nitrogen and oxygen atoms in total. The number of pyridine rings is 1. The van der Waals surface area contributed by atoms with Gasteiger partial charge in [-0.15, -0.1) is 0 Å². The summed E-state index contributed by atoms with van der Waals surface area (Å²) in [5, 5.41) is 2.93. The smallest absolute Gasteiger partial charge is 0.263 e. The van der Waals surface area contributed by atoms with Crippen LogP contribution < -0.4 is 15.6 Å². The summed E-state index contributed by atoms with van der Waals surface area (Å²) in [6.07, 6.45) is 7.84. The molecule has 5 heteroatoms. The van der Waals surface area contributed by atoms with Crippen molar-refractivity contribution in [2.45, 2.75) is 58.5 Å². The van der Waals surface area contributed by atoms with Crippen molar-refractivity contribution >= 4 is 5.91 Å². The van der Waals surface area contributed by atoms with Crippen LogP contribution in [0.2, 0.25) is 0 Å². The van der Waals surface area contributed by atoms with Crippen LogP contribution in [0.3, 0.4) is 0 Å². The van der Waals surface area contributed by atoms with E-state index in [1.54, 1.807) is 11.7 Å². The Hall–Kier alpha value is -2.56. The summed E-state index contributed by atoms with van der Waals surface area (Å²) >= 11 is 0. The molecule has 1 heterocycles. The van der Waals surface area contributed by atoms with E-state index < -0.39 is 0 Å². The van der Waals surface area contributed by atoms with E-state index in [1.807, 2.05) is 30.5 Å². The molecule has 3 rings (SSSR count). The van der Waals surface area contributed by atoms with Crippen molar-refractivity contribution in [2.24, 2.45) is 0 Å². The number of nitrogens with one attached hydrogen (secondary N) is 1. The lowest BCUT2D eigenvalue weighted by atomic mass is 9.89. The highest BCUT2D eigenvalue weighted by molar-refractivity contribution is 5.95. The molecule has 0 unspecified atom stereocenters. The standard InChI is InChI=1S/C22H28N2O3/c1-3-4-13-24-15-17-7-5-6-8-19(17)20(22(24)26)21(25)23-14-16-9-11-18(27-2)12-10-16/h9-12,15H,3-8,13-14H2,1-2H3,(H,23,25). The minimum Gasteiger partial charge on any atom is -0.497 e. The fourth-order valence-electron chi connectivity index (χ4n) is 3.62. The van der Waals surface area contributed by atoms with Crippen LogP contribution in [-0.2, 0) is 25.9 Å². The second kappa shape index (κ2) is 8.89. The van der Waals surface area contributed by atoms with Gasteiger partial charge in [0.15, 0.2) is 0 Å². The zero-order valence-electron chi connectivity index (χ0n) is 16.2. The number of hydrogen-bond acceptors (Lipinski definition) is 3. The summed E-state index contributed by atoms with van der Waals surface area (Å²) < 4.78 is 6.89. The Labute approximate surface area is 160 Å². The summed E-state index contributed by atoms with van der Waals surface area (Å²) in [5.74, 6) is 0.515. The van der Waals surface area contributed by atoms with Crippen LogP contribution in [0.25, 0.3) is 0 Å². The van der Waals surface area contributed by atoms with Crippen molar-refractivity contribution in [3.8, 4) is 5.75 Å². The SMILES string of the molecule is CCCCn1cc2c(c(C(=O)NCc3ccc(OC)cc3)c1=O)CCCC2. The maximum atomic E-state index is 13.0. The van der Waals surface area contributed by atoms with Gasteiger partial charge < -0.3 is 14.6 Å². The molecule has 27 heavy (non-hydrogen) atoms. The van der Waals surface area contributed by atoms with E-state index >= 15 is 0 Å². The molecule has 1 amide bonds. The molecule has 1 aliphatic carbocycles. The van der Waals surface area contributed by atoms with Crippen molar-refractivity contribution in [3.05, 3.63) is 63.1 Å². The Bertz CT molecular complexity index is 853. The Morgan fingerprint density at radius 1 is 1.19 bits per heavy atom. The van der Waals surface area contributed by atoms with Gasteiger partial charge in [-0.25, -0.2) is 0 Å². The van der Waals surface area contributed by atoms with Crippen molar-refractivity contribution in [1.82, 2.24) is 9.88 Å². The first-order chi connectivity index (χ1) is 13.1. The van der Waals surface area contributed by atoms with E-state index in [4.69, 9.17) is 4.74 Å². The van der Waals surface area contributed by atoms with E-state index in [0.29, 0.717) is 18.7 Å². The number of aromatic nitrogens is 1. The van der Waals surface area contributed by atoms with Gasteiger partial charge in [-0.2, -0.15) is 0 Å². The first-order valence-electron chi connectivity index (χ1n) is 9.80. The average Bonchev–Trinajstić information content (AvgIpc) is 2.71. The minimum absolute atomic E-state index is 0.156. The number of aryl methyl sites for hydroxylation is 2. The van der Waals surface area contributed by atoms with Gasteiger partial charge in [0.2, 0.25) is 0 Å². The van der Waals surface area contributed by atoms with Gasteiger partial charge in [-0.1, -0.05) is 25.5 Å². The van der Waals surface area contributed by atoms with Crippen LogP contribution in [-0.4, -0.2) is 17.6 Å². The number of hydrogen-bond donors (Lipinski definition) is 1. The number of fused-ring (bicyclic) bond motifs is 1. The lowest BCUT2D eigenvalue weighted by molar-refractivity contribution is 0.0947. The molecule has 1 aliphatic rings. The monoisotopic (exact) mass is 368 g/mol. The summed E-state index contributed by atoms with van der Waals surface area (Å²) in [6, 6.07) is 7.56. The summed E-state index contributed by atoms with van der Waals surface area (Å²) in [4.78, 5) is 25.9. The predicted octanol–water partition coefficient (Wildman–Crippen LogP) is 3.47. The molecule has 144 valence electrons. The number of carbonyl (C=O) groups excluding carboxylic acids is 1. The average molecular weight is 368 g/mol. The minimum atomic E-state index is -0.264. The molecule has 1 aromatic carbocycles. The first-order valence-corrected chi connectivity index (χ1v) is 9.80. The van der Waals surface area contributed by atoms with Crippen LogP contribution in [0.15, 0.2) is 35.3 Å². The Kier molecular flexibility index (Phi) is 6.32. The molecule has 1 N–H and O–H groups in total. The third kappa shape index (κ3) is 4.41. The second-order valence-electron chi connectivity index (χ2n) is 7.10. The molecule has 1 aromatic heterocycles. The highest BCUT2D eigenvalue weighted by atomic mass is 16.5. The van der Waals surface area contributed by atoms with Gasteiger partial charge >= 0.3 is 0 Å². The largest absolute Gasteiger partial charge is 0.497 e. The quantitative estimate of drug-likeness (QED) is 0.814. The number of carbonyl (C=O) groups is 1. The molecule has 0 spiro atoms. The van der Waals surface area contributed by atoms with E-state index in [9.17, 15) is 9.59 Å². The van der Waals surface area contributed by atoms with E-state index in [0.717, 1.165) is 61.0 Å². The van der Waals surface area contributed by atoms with Gasteiger partial charge in [0, 0.05) is 19.3 Å². The van der Waals surface area contributed by atoms with E-state index in [-0.39, 0.29) is 11.5 Å². The number of ether oxygens (including phenoxy) is 1. The van der Waals surface area contributed by atoms with Crippen molar-refractivity contribution < 1.29 is 9.53 Å². The molecule has 2 aromatic rings. The molecular weight excluding hydrogens is 340 g/mol. The second-order valence-corrected chi connectivity index (χ2v) is 7.10. The van der Waals surface area contributed by atoms with Crippen LogP contribution in [0.1, 0.15) is 59.7 Å². The predicted molar refractivity (Wildman–Crippen MR) is 106 cm³/mol. The topological polar surface area (TPSA) is 60.3 Å². The lowest BCUT2D eigenvalue weighted by Crippen LogP contribution is -2.36. The molecule has 0 saturated carbocycles. The van der Waals surface area contributed by atoms with E-state index in [2.05, 4.69) is 12.2 Å². The lowest BCUT2D eigenvalue weighted by Gasteiger charge is -2.21. The number of amides is 1. The van der Waals surface area contributed by atoms with Crippen LogP contribution >= 0.6 is 0 Å². The maximum Gasteiger partial charge on any atom is 0.263 e. The van der Waals surface area contributed by atoms with E-state index in [1.165, 1.54) is 0 Å². The zero-order valence-corrected chi connectivity index (χ0v) is 16.2. The van der Waals surface area contributed by atoms with Gasteiger partial charge in [0.05, 0.1) is 7.11 Å². The van der Waals surface area contributed by atoms with Crippen LogP contribution in [0, 0.1) is 0 Å². The van der Waals surface area contributed by atoms with Gasteiger partial charge in [0.25, 0.3) is 11.5 Å². The number of rotatable bonds is 7. The summed E-state index contributed by atoms with van der Waals surface area (Å²) in [7, 11) is 1.62. The molecule has 0 atom stereocenters. The fourth-order valence-corrected chi connectivity index (χ4v) is 3.62. The van der Waals surface area contributed by atoms with Gasteiger partial charge in [-0.05, 0) is 60.9 Å². The van der Waals surface area contributed by atoms with Gasteiger partial charge in [0.1, 0.15) is 11.3 Å². The Morgan fingerprint density at radius 3 is 2.63 bits per heavy atom. The Morgan fingerprint density at radius 2 is 1.93 bits per heavy atom. The fraction of sp³-hybridized carbons (Fsp3) is 0.455. The highest BCUT2D eigenvalue weighted by Crippen LogP contribution is 2.23. The Balaban J connectivity index is 1.84.